The summed E-state index contributed by atoms with van der Waals surface area (Å²) >= 11 is 0. The third-order valence-electron chi connectivity index (χ3n) is 4.45. The Hall–Kier alpha value is -1.85. The molecular formula is C18H22N2O2S. The molecule has 1 saturated heterocycles. The van der Waals surface area contributed by atoms with Gasteiger partial charge in [0.05, 0.1) is 4.90 Å². The van der Waals surface area contributed by atoms with Gasteiger partial charge in [-0.15, -0.1) is 0 Å². The molecule has 2 aromatic carbocycles. The largest absolute Gasteiger partial charge is 0.399 e. The van der Waals surface area contributed by atoms with Crippen LogP contribution in [0, 0.1) is 0 Å². The number of hydrogen-bond donors (Lipinski definition) is 1. The van der Waals surface area contributed by atoms with Crippen molar-refractivity contribution in [1.82, 2.24) is 4.31 Å². The van der Waals surface area contributed by atoms with Crippen LogP contribution in [0.4, 0.5) is 5.69 Å². The van der Waals surface area contributed by atoms with Crippen molar-refractivity contribution >= 4 is 15.7 Å². The number of nitrogens with zero attached hydrogens (tertiary/aromatic N) is 1. The fourth-order valence-corrected chi connectivity index (χ4v) is 4.76. The molecule has 0 aromatic heterocycles. The van der Waals surface area contributed by atoms with Crippen molar-refractivity contribution in [3.05, 3.63) is 48.5 Å². The second-order valence-electron chi connectivity index (χ2n) is 6.11. The van der Waals surface area contributed by atoms with Gasteiger partial charge in [0.1, 0.15) is 0 Å². The maximum absolute atomic E-state index is 12.8. The molecule has 1 unspecified atom stereocenters. The summed E-state index contributed by atoms with van der Waals surface area (Å²) in [5.41, 5.74) is 8.42. The molecule has 0 radical (unpaired) electrons. The lowest BCUT2D eigenvalue weighted by molar-refractivity contribution is 0.268. The highest BCUT2D eigenvalue weighted by molar-refractivity contribution is 7.89. The molecule has 5 heteroatoms. The molecule has 1 fully saturated rings. The van der Waals surface area contributed by atoms with Crippen LogP contribution in [0.1, 0.15) is 26.2 Å². The van der Waals surface area contributed by atoms with E-state index < -0.39 is 10.0 Å². The van der Waals surface area contributed by atoms with Crippen LogP contribution >= 0.6 is 0 Å². The van der Waals surface area contributed by atoms with Crippen LogP contribution in [0.5, 0.6) is 0 Å². The number of rotatable bonds is 3. The van der Waals surface area contributed by atoms with Crippen LogP contribution < -0.4 is 5.73 Å². The Morgan fingerprint density at radius 2 is 1.52 bits per heavy atom. The van der Waals surface area contributed by atoms with Crippen molar-refractivity contribution in [2.24, 2.45) is 0 Å². The summed E-state index contributed by atoms with van der Waals surface area (Å²) in [7, 11) is -3.40. The number of hydrogen-bond acceptors (Lipinski definition) is 3. The van der Waals surface area contributed by atoms with E-state index in [0.29, 0.717) is 17.1 Å². The number of piperidine rings is 1. The third-order valence-corrected chi connectivity index (χ3v) is 6.47. The van der Waals surface area contributed by atoms with E-state index in [0.717, 1.165) is 30.4 Å². The lowest BCUT2D eigenvalue weighted by Gasteiger charge is -2.32. The molecule has 2 aromatic rings. The quantitative estimate of drug-likeness (QED) is 0.876. The Kier molecular flexibility index (Phi) is 4.41. The minimum absolute atomic E-state index is 0.0746. The van der Waals surface area contributed by atoms with Gasteiger partial charge in [0.15, 0.2) is 0 Å². The van der Waals surface area contributed by atoms with Gasteiger partial charge in [0.25, 0.3) is 0 Å². The molecule has 4 nitrogen and oxygen atoms in total. The maximum atomic E-state index is 12.8. The van der Waals surface area contributed by atoms with E-state index in [-0.39, 0.29) is 6.04 Å². The molecule has 3 rings (SSSR count). The first kappa shape index (κ1) is 16.0. The summed E-state index contributed by atoms with van der Waals surface area (Å²) in [6.07, 6.45) is 2.97. The topological polar surface area (TPSA) is 63.4 Å². The van der Waals surface area contributed by atoms with Gasteiger partial charge in [0, 0.05) is 18.3 Å². The van der Waals surface area contributed by atoms with Crippen molar-refractivity contribution < 1.29 is 8.42 Å². The number of anilines is 1. The Morgan fingerprint density at radius 1 is 0.957 bits per heavy atom. The molecule has 0 spiro atoms. The molecule has 23 heavy (non-hydrogen) atoms. The summed E-state index contributed by atoms with van der Waals surface area (Å²) in [4.78, 5) is 0.366. The monoisotopic (exact) mass is 330 g/mol. The molecule has 2 N–H and O–H groups in total. The zero-order chi connectivity index (χ0) is 16.4. The first-order chi connectivity index (χ1) is 11.0. The molecule has 1 aliphatic heterocycles. The minimum atomic E-state index is -3.40. The first-order valence-electron chi connectivity index (χ1n) is 7.96. The van der Waals surface area contributed by atoms with Gasteiger partial charge in [0.2, 0.25) is 10.0 Å². The van der Waals surface area contributed by atoms with Crippen LogP contribution in [0.25, 0.3) is 11.1 Å². The summed E-state index contributed by atoms with van der Waals surface area (Å²) in [5, 5.41) is 0. The van der Waals surface area contributed by atoms with Crippen molar-refractivity contribution in [2.45, 2.75) is 37.1 Å². The van der Waals surface area contributed by atoms with E-state index >= 15 is 0 Å². The second kappa shape index (κ2) is 6.34. The van der Waals surface area contributed by atoms with E-state index in [4.69, 9.17) is 5.73 Å². The van der Waals surface area contributed by atoms with Gasteiger partial charge in [-0.05, 0) is 55.2 Å². The summed E-state index contributed by atoms with van der Waals surface area (Å²) in [6.45, 7) is 2.60. The van der Waals surface area contributed by atoms with Gasteiger partial charge in [-0.2, -0.15) is 4.31 Å². The van der Waals surface area contributed by atoms with Crippen molar-refractivity contribution in [3.63, 3.8) is 0 Å². The zero-order valence-corrected chi connectivity index (χ0v) is 14.1. The van der Waals surface area contributed by atoms with Crippen molar-refractivity contribution in [2.75, 3.05) is 12.3 Å². The van der Waals surface area contributed by atoms with Crippen LogP contribution in [0.3, 0.4) is 0 Å². The van der Waals surface area contributed by atoms with Gasteiger partial charge in [-0.25, -0.2) is 8.42 Å². The Labute approximate surface area is 138 Å². The normalized spacial score (nSPS) is 19.6. The summed E-state index contributed by atoms with van der Waals surface area (Å²) in [5.74, 6) is 0. The molecular weight excluding hydrogens is 308 g/mol. The average molecular weight is 330 g/mol. The zero-order valence-electron chi connectivity index (χ0n) is 13.3. The predicted octanol–water partition coefficient (Wildman–Crippen LogP) is 3.50. The summed E-state index contributed by atoms with van der Waals surface area (Å²) < 4.78 is 27.2. The maximum Gasteiger partial charge on any atom is 0.243 e. The molecule has 0 amide bonds. The molecule has 1 atom stereocenters. The van der Waals surface area contributed by atoms with E-state index in [1.165, 1.54) is 0 Å². The molecule has 0 saturated carbocycles. The van der Waals surface area contributed by atoms with Crippen LogP contribution in [0.15, 0.2) is 53.4 Å². The number of nitrogens with two attached hydrogens (primary N) is 1. The Morgan fingerprint density at radius 3 is 2.09 bits per heavy atom. The first-order valence-corrected chi connectivity index (χ1v) is 9.40. The van der Waals surface area contributed by atoms with E-state index in [1.54, 1.807) is 16.4 Å². The average Bonchev–Trinajstić information content (AvgIpc) is 2.56. The van der Waals surface area contributed by atoms with Gasteiger partial charge >= 0.3 is 0 Å². The van der Waals surface area contributed by atoms with E-state index in [1.807, 2.05) is 43.3 Å². The predicted molar refractivity (Wildman–Crippen MR) is 93.5 cm³/mol. The smallest absolute Gasteiger partial charge is 0.243 e. The van der Waals surface area contributed by atoms with Crippen LogP contribution in [0.2, 0.25) is 0 Å². The minimum Gasteiger partial charge on any atom is -0.399 e. The van der Waals surface area contributed by atoms with Crippen LogP contribution in [-0.2, 0) is 10.0 Å². The lowest BCUT2D eigenvalue weighted by atomic mass is 10.1. The van der Waals surface area contributed by atoms with Crippen LogP contribution in [-0.4, -0.2) is 25.3 Å². The van der Waals surface area contributed by atoms with Crippen molar-refractivity contribution in [3.8, 4) is 11.1 Å². The Balaban J connectivity index is 1.88. The molecule has 1 aliphatic rings. The molecule has 0 aliphatic carbocycles. The summed E-state index contributed by atoms with van der Waals surface area (Å²) in [6, 6.07) is 14.7. The van der Waals surface area contributed by atoms with E-state index in [9.17, 15) is 8.42 Å². The number of nitrogen functional groups attached to an aromatic ring is 1. The third kappa shape index (κ3) is 3.26. The standard InChI is InChI=1S/C18H22N2O2S/c1-14-4-2-3-13-20(14)23(21,22)18-11-7-16(8-12-18)15-5-9-17(19)10-6-15/h5-12,14H,2-4,13,19H2,1H3. The molecule has 122 valence electrons. The highest BCUT2D eigenvalue weighted by atomic mass is 32.2. The number of sulfonamides is 1. The number of benzene rings is 2. The van der Waals surface area contributed by atoms with Gasteiger partial charge in [-0.1, -0.05) is 30.7 Å². The SMILES string of the molecule is CC1CCCCN1S(=O)(=O)c1ccc(-c2ccc(N)cc2)cc1. The fourth-order valence-electron chi connectivity index (χ4n) is 3.06. The molecule has 1 heterocycles. The van der Waals surface area contributed by atoms with Gasteiger partial charge < -0.3 is 5.73 Å². The lowest BCUT2D eigenvalue weighted by Crippen LogP contribution is -2.41. The highest BCUT2D eigenvalue weighted by Crippen LogP contribution is 2.27. The Bertz CT molecular complexity index is 768. The van der Waals surface area contributed by atoms with E-state index in [2.05, 4.69) is 0 Å². The van der Waals surface area contributed by atoms with Gasteiger partial charge in [-0.3, -0.25) is 0 Å². The molecule has 0 bridgehead atoms. The van der Waals surface area contributed by atoms with Crippen molar-refractivity contribution in [1.29, 1.82) is 0 Å². The highest BCUT2D eigenvalue weighted by Gasteiger charge is 2.30. The second-order valence-corrected chi connectivity index (χ2v) is 8.00. The fraction of sp³-hybridized carbons (Fsp3) is 0.333.